The topological polar surface area (TPSA) is 88.2 Å². The Labute approximate surface area is 183 Å². The highest BCUT2D eigenvalue weighted by molar-refractivity contribution is 7.92. The van der Waals surface area contributed by atoms with E-state index in [2.05, 4.69) is 15.0 Å². The van der Waals surface area contributed by atoms with Crippen molar-refractivity contribution < 1.29 is 26.4 Å². The molecule has 0 aliphatic carbocycles. The van der Waals surface area contributed by atoms with Crippen molar-refractivity contribution in [2.75, 3.05) is 4.72 Å². The molecular weight excluding hydrogens is 443 g/mol. The Morgan fingerprint density at radius 2 is 1.69 bits per heavy atom. The second-order valence-corrected chi connectivity index (χ2v) is 8.76. The minimum atomic E-state index is -4.65. The fraction of sp³-hybridized carbons (Fsp3) is 0.182. The number of nitrogens with zero attached hydrogens (tertiary/aromatic N) is 1. The zero-order valence-electron chi connectivity index (χ0n) is 16.9. The number of rotatable bonds is 7. The van der Waals surface area contributed by atoms with E-state index in [0.29, 0.717) is 11.6 Å². The number of hydrogen-bond acceptors (Lipinski definition) is 4. The van der Waals surface area contributed by atoms with Gasteiger partial charge in [-0.05, 0) is 60.5 Å². The highest BCUT2D eigenvalue weighted by atomic mass is 32.2. The van der Waals surface area contributed by atoms with E-state index < -0.39 is 26.7 Å². The summed E-state index contributed by atoms with van der Waals surface area (Å²) < 4.78 is 65.7. The third-order valence-corrected chi connectivity index (χ3v) is 6.01. The molecule has 168 valence electrons. The molecule has 0 radical (unpaired) electrons. The molecule has 2 aromatic carbocycles. The van der Waals surface area contributed by atoms with Crippen LogP contribution in [0.15, 0.2) is 78.0 Å². The summed E-state index contributed by atoms with van der Waals surface area (Å²) in [5.41, 5.74) is 0.665. The van der Waals surface area contributed by atoms with Crippen molar-refractivity contribution >= 4 is 21.6 Å². The zero-order valence-corrected chi connectivity index (χ0v) is 17.7. The first-order valence-electron chi connectivity index (χ1n) is 9.53. The average Bonchev–Trinajstić information content (AvgIpc) is 2.75. The van der Waals surface area contributed by atoms with Crippen LogP contribution >= 0.6 is 0 Å². The molecule has 1 aromatic heterocycles. The van der Waals surface area contributed by atoms with Crippen molar-refractivity contribution in [3.63, 3.8) is 0 Å². The molecule has 1 heterocycles. The number of aromatic nitrogens is 1. The number of anilines is 1. The number of pyridine rings is 1. The van der Waals surface area contributed by atoms with Crippen LogP contribution in [0.1, 0.15) is 29.7 Å². The van der Waals surface area contributed by atoms with Gasteiger partial charge in [0.15, 0.2) is 0 Å². The maximum Gasteiger partial charge on any atom is 0.416 e. The number of alkyl halides is 3. The van der Waals surface area contributed by atoms with Crippen LogP contribution in [0.2, 0.25) is 0 Å². The minimum Gasteiger partial charge on any atom is -0.349 e. The monoisotopic (exact) mass is 463 g/mol. The molecule has 0 fully saturated rings. The van der Waals surface area contributed by atoms with Gasteiger partial charge in [0.25, 0.3) is 10.0 Å². The summed E-state index contributed by atoms with van der Waals surface area (Å²) in [6, 6.07) is 12.9. The van der Waals surface area contributed by atoms with Crippen LogP contribution in [0.25, 0.3) is 0 Å². The van der Waals surface area contributed by atoms with Crippen molar-refractivity contribution in [1.29, 1.82) is 0 Å². The summed E-state index contributed by atoms with van der Waals surface area (Å²) in [5.74, 6) is -0.216. The summed E-state index contributed by atoms with van der Waals surface area (Å²) >= 11 is 0. The van der Waals surface area contributed by atoms with Crippen molar-refractivity contribution in [1.82, 2.24) is 10.3 Å². The van der Waals surface area contributed by atoms with E-state index in [-0.39, 0.29) is 24.1 Å². The van der Waals surface area contributed by atoms with E-state index in [4.69, 9.17) is 0 Å². The predicted molar refractivity (Wildman–Crippen MR) is 113 cm³/mol. The lowest BCUT2D eigenvalue weighted by atomic mass is 10.1. The number of nitrogens with one attached hydrogen (secondary N) is 2. The first-order chi connectivity index (χ1) is 15.0. The van der Waals surface area contributed by atoms with Gasteiger partial charge in [-0.2, -0.15) is 13.2 Å². The normalized spacial score (nSPS) is 12.8. The second-order valence-electron chi connectivity index (χ2n) is 7.07. The molecule has 0 saturated heterocycles. The summed E-state index contributed by atoms with van der Waals surface area (Å²) in [6.07, 6.45) is -1.30. The van der Waals surface area contributed by atoms with E-state index >= 15 is 0 Å². The first-order valence-corrected chi connectivity index (χ1v) is 11.0. The third-order valence-electron chi connectivity index (χ3n) is 4.63. The van der Waals surface area contributed by atoms with Gasteiger partial charge in [0.05, 0.1) is 22.9 Å². The number of carbonyl (C=O) groups excluding carboxylic acids is 1. The van der Waals surface area contributed by atoms with Crippen LogP contribution in [0, 0.1) is 0 Å². The van der Waals surface area contributed by atoms with Crippen molar-refractivity contribution in [2.24, 2.45) is 0 Å². The highest BCUT2D eigenvalue weighted by Gasteiger charge is 2.31. The lowest BCUT2D eigenvalue weighted by Gasteiger charge is -2.14. The van der Waals surface area contributed by atoms with Gasteiger partial charge in [0.2, 0.25) is 5.91 Å². The van der Waals surface area contributed by atoms with Gasteiger partial charge in [-0.3, -0.25) is 14.5 Å². The summed E-state index contributed by atoms with van der Waals surface area (Å²) in [7, 11) is -4.21. The van der Waals surface area contributed by atoms with Crippen LogP contribution in [0.5, 0.6) is 0 Å². The lowest BCUT2D eigenvalue weighted by Crippen LogP contribution is -2.28. The van der Waals surface area contributed by atoms with Crippen molar-refractivity contribution in [3.8, 4) is 0 Å². The molecule has 32 heavy (non-hydrogen) atoms. The number of sulfonamides is 1. The Hall–Kier alpha value is -3.40. The number of benzene rings is 2. The largest absolute Gasteiger partial charge is 0.416 e. The van der Waals surface area contributed by atoms with Crippen LogP contribution < -0.4 is 10.0 Å². The van der Waals surface area contributed by atoms with Gasteiger partial charge in [0.1, 0.15) is 0 Å². The fourth-order valence-corrected chi connectivity index (χ4v) is 4.06. The van der Waals surface area contributed by atoms with E-state index in [0.717, 1.165) is 23.8 Å². The summed E-state index contributed by atoms with van der Waals surface area (Å²) in [5, 5.41) is 2.87. The number of carbonyl (C=O) groups is 1. The molecular formula is C22H20F3N3O3S. The molecule has 1 amide bonds. The molecule has 0 spiro atoms. The molecule has 1 unspecified atom stereocenters. The first kappa shape index (κ1) is 23.3. The van der Waals surface area contributed by atoms with Crippen LogP contribution in [-0.2, 0) is 27.4 Å². The predicted octanol–water partition coefficient (Wildman–Crippen LogP) is 4.32. The number of amides is 1. The SMILES string of the molecule is CC(NC(=O)Cc1ccc(NS(=O)(=O)c2cccc(C(F)(F)F)c2)cc1)c1ccncc1. The fourth-order valence-electron chi connectivity index (χ4n) is 2.96. The Morgan fingerprint density at radius 3 is 2.31 bits per heavy atom. The molecule has 2 N–H and O–H groups in total. The van der Waals surface area contributed by atoms with Crippen molar-refractivity contribution in [3.05, 3.63) is 89.7 Å². The van der Waals surface area contributed by atoms with Crippen LogP contribution in [0.3, 0.4) is 0 Å². The Morgan fingerprint density at radius 1 is 1.03 bits per heavy atom. The van der Waals surface area contributed by atoms with E-state index in [1.54, 1.807) is 36.7 Å². The van der Waals surface area contributed by atoms with E-state index in [1.165, 1.54) is 12.1 Å². The van der Waals surface area contributed by atoms with Gasteiger partial charge >= 0.3 is 6.18 Å². The van der Waals surface area contributed by atoms with Gasteiger partial charge in [-0.15, -0.1) is 0 Å². The maximum absolute atomic E-state index is 12.9. The molecule has 0 saturated carbocycles. The highest BCUT2D eigenvalue weighted by Crippen LogP contribution is 2.30. The molecule has 6 nitrogen and oxygen atoms in total. The second kappa shape index (κ2) is 9.39. The van der Waals surface area contributed by atoms with Gasteiger partial charge < -0.3 is 5.32 Å². The van der Waals surface area contributed by atoms with Crippen LogP contribution in [0.4, 0.5) is 18.9 Å². The summed E-state index contributed by atoms with van der Waals surface area (Å²) in [4.78, 5) is 15.7. The third kappa shape index (κ3) is 6.07. The van der Waals surface area contributed by atoms with E-state index in [1.807, 2.05) is 6.92 Å². The number of hydrogen-bond donors (Lipinski definition) is 2. The summed E-state index contributed by atoms with van der Waals surface area (Å²) in [6.45, 7) is 1.85. The zero-order chi connectivity index (χ0) is 23.4. The molecule has 3 rings (SSSR count). The Bertz CT molecular complexity index is 1180. The lowest BCUT2D eigenvalue weighted by molar-refractivity contribution is -0.137. The van der Waals surface area contributed by atoms with Gasteiger partial charge in [-0.25, -0.2) is 8.42 Å². The quantitative estimate of drug-likeness (QED) is 0.546. The average molecular weight is 463 g/mol. The molecule has 10 heteroatoms. The van der Waals surface area contributed by atoms with Gasteiger partial charge in [-0.1, -0.05) is 18.2 Å². The van der Waals surface area contributed by atoms with Crippen molar-refractivity contribution in [2.45, 2.75) is 30.5 Å². The molecule has 1 atom stereocenters. The Balaban J connectivity index is 1.63. The van der Waals surface area contributed by atoms with Crippen LogP contribution in [-0.4, -0.2) is 19.3 Å². The smallest absolute Gasteiger partial charge is 0.349 e. The molecule has 0 aliphatic heterocycles. The number of halogens is 3. The molecule has 3 aromatic rings. The Kier molecular flexibility index (Phi) is 6.83. The molecule has 0 bridgehead atoms. The maximum atomic E-state index is 12.9. The van der Waals surface area contributed by atoms with E-state index in [9.17, 15) is 26.4 Å². The standard InChI is InChI=1S/C22H20F3N3O3S/c1-15(17-9-11-26-12-10-17)27-21(29)13-16-5-7-19(8-6-16)28-32(30,31)20-4-2-3-18(14-20)22(23,24)25/h2-12,14-15,28H,13H2,1H3,(H,27,29). The van der Waals surface area contributed by atoms with Gasteiger partial charge in [0, 0.05) is 18.1 Å². The minimum absolute atomic E-state index is 0.0794. The molecule has 0 aliphatic rings.